The highest BCUT2D eigenvalue weighted by atomic mass is 79.9. The van der Waals surface area contributed by atoms with Gasteiger partial charge in [0.15, 0.2) is 5.60 Å². The topological polar surface area (TPSA) is 99.6 Å². The van der Waals surface area contributed by atoms with E-state index in [0.717, 1.165) is 51.1 Å². The van der Waals surface area contributed by atoms with Crippen molar-refractivity contribution in [2.75, 3.05) is 36.6 Å². The summed E-state index contributed by atoms with van der Waals surface area (Å²) >= 11 is 3.70. The summed E-state index contributed by atoms with van der Waals surface area (Å²) in [6.45, 7) is 8.17. The van der Waals surface area contributed by atoms with Gasteiger partial charge >= 0.3 is 0 Å². The van der Waals surface area contributed by atoms with E-state index >= 15 is 4.79 Å². The Bertz CT molecular complexity index is 2030. The van der Waals surface area contributed by atoms with Crippen molar-refractivity contribution < 1.29 is 29.0 Å². The highest BCUT2D eigenvalue weighted by molar-refractivity contribution is 9.10. The molecule has 3 amide bonds. The van der Waals surface area contributed by atoms with E-state index < -0.39 is 19.8 Å². The number of rotatable bonds is 12. The lowest BCUT2D eigenvalue weighted by molar-refractivity contribution is -0.150. The van der Waals surface area contributed by atoms with E-state index in [9.17, 15) is 14.7 Å². The largest absolute Gasteiger partial charge is 0.497 e. The number of nitrogens with zero attached hydrogens (tertiary/aromatic N) is 3. The smallest absolute Gasteiger partial charge is 0.264 e. The molecule has 1 spiro atoms. The van der Waals surface area contributed by atoms with Gasteiger partial charge in [-0.25, -0.2) is 0 Å². The third-order valence-corrected chi connectivity index (χ3v) is 16.9. The monoisotopic (exact) mass is 823 g/mol. The number of amides is 3. The Morgan fingerprint density at radius 1 is 0.982 bits per heavy atom. The van der Waals surface area contributed by atoms with Crippen molar-refractivity contribution in [2.45, 2.75) is 76.0 Å². The molecule has 3 heterocycles. The van der Waals surface area contributed by atoms with Crippen LogP contribution in [0.2, 0.25) is 18.6 Å². The predicted molar refractivity (Wildman–Crippen MR) is 221 cm³/mol. The van der Waals surface area contributed by atoms with Gasteiger partial charge in [-0.3, -0.25) is 14.4 Å². The molecule has 2 saturated heterocycles. The first-order chi connectivity index (χ1) is 26.5. The fraction of sp³-hybridized carbons (Fsp3) is 0.386. The molecule has 3 aliphatic heterocycles. The summed E-state index contributed by atoms with van der Waals surface area (Å²) in [6.07, 6.45) is 1.98. The van der Waals surface area contributed by atoms with E-state index in [0.29, 0.717) is 26.1 Å². The van der Waals surface area contributed by atoms with Gasteiger partial charge in [-0.2, -0.15) is 0 Å². The average molecular weight is 825 g/mol. The molecule has 0 saturated carbocycles. The summed E-state index contributed by atoms with van der Waals surface area (Å²) < 4.78 is 13.6. The molecule has 0 aliphatic carbocycles. The Balaban J connectivity index is 1.25. The Kier molecular flexibility index (Phi) is 11.4. The minimum Gasteiger partial charge on any atom is -0.497 e. The van der Waals surface area contributed by atoms with E-state index in [1.165, 1.54) is 5.19 Å². The molecular formula is C44H50BrN3O6Si. The minimum absolute atomic E-state index is 0.0729. The number of aliphatic hydroxyl groups is 1. The summed E-state index contributed by atoms with van der Waals surface area (Å²) in [5.74, 6) is 0.363. The highest BCUT2D eigenvalue weighted by Gasteiger charge is 2.66. The number of fused-ring (bicyclic) bond motifs is 2. The zero-order chi connectivity index (χ0) is 38.9. The standard InChI is InChI=1S/C44H50BrN3O6Si/c1-30-42(55(3,4)36-20-18-35(53-2)19-21-36)39(27-41(51)46(24-25-49)28-31-10-6-5-7-11-31)54-44(30)37-26-33(45)15-22-38(37)48(43(44)52)29-32-13-16-34(17-14-32)47-23-9-8-12-40(47)50/h5-7,10-11,13-22,26,30,39,42,49H,8-9,12,23-25,27-29H2,1-4H3/t30-,39+,42-,44+/m0/s1. The average Bonchev–Trinajstić information content (AvgIpc) is 3.61. The summed E-state index contributed by atoms with van der Waals surface area (Å²) in [6, 6.07) is 31.8. The van der Waals surface area contributed by atoms with Crippen LogP contribution in [-0.2, 0) is 37.8 Å². The van der Waals surface area contributed by atoms with Gasteiger partial charge in [-0.15, -0.1) is 0 Å². The fourth-order valence-corrected chi connectivity index (χ4v) is 13.6. The van der Waals surface area contributed by atoms with Crippen LogP contribution in [0.25, 0.3) is 0 Å². The number of piperidine rings is 1. The van der Waals surface area contributed by atoms with Gasteiger partial charge in [-0.1, -0.05) is 95.7 Å². The zero-order valence-corrected chi connectivity index (χ0v) is 34.6. The number of hydrogen-bond donors (Lipinski definition) is 1. The Morgan fingerprint density at radius 3 is 2.38 bits per heavy atom. The summed E-state index contributed by atoms with van der Waals surface area (Å²) in [7, 11) is -0.847. The number of anilines is 2. The Labute approximate surface area is 333 Å². The number of methoxy groups -OCH3 is 1. The fourth-order valence-electron chi connectivity index (χ4n) is 9.20. The van der Waals surface area contributed by atoms with Crippen LogP contribution in [-0.4, -0.2) is 68.7 Å². The van der Waals surface area contributed by atoms with Crippen molar-refractivity contribution in [3.8, 4) is 5.75 Å². The van der Waals surface area contributed by atoms with Crippen molar-refractivity contribution in [1.82, 2.24) is 4.90 Å². The van der Waals surface area contributed by atoms with Crippen molar-refractivity contribution in [3.63, 3.8) is 0 Å². The van der Waals surface area contributed by atoms with Crippen molar-refractivity contribution in [1.29, 1.82) is 0 Å². The van der Waals surface area contributed by atoms with Crippen LogP contribution in [0.15, 0.2) is 102 Å². The normalized spacial score (nSPS) is 22.3. The molecule has 2 fully saturated rings. The molecule has 4 aromatic rings. The molecule has 4 atom stereocenters. The Morgan fingerprint density at radius 2 is 1.71 bits per heavy atom. The van der Waals surface area contributed by atoms with E-state index in [-0.39, 0.29) is 48.8 Å². The van der Waals surface area contributed by atoms with Crippen LogP contribution >= 0.6 is 15.9 Å². The molecule has 9 nitrogen and oxygen atoms in total. The van der Waals surface area contributed by atoms with Crippen LogP contribution < -0.4 is 19.7 Å². The van der Waals surface area contributed by atoms with Gasteiger partial charge in [0.1, 0.15) is 5.75 Å². The zero-order valence-electron chi connectivity index (χ0n) is 32.0. The van der Waals surface area contributed by atoms with Gasteiger partial charge in [0.25, 0.3) is 5.91 Å². The van der Waals surface area contributed by atoms with Gasteiger partial charge < -0.3 is 29.3 Å². The summed E-state index contributed by atoms with van der Waals surface area (Å²) in [5.41, 5.74) is 2.92. The van der Waals surface area contributed by atoms with Crippen molar-refractivity contribution in [2.24, 2.45) is 5.92 Å². The SMILES string of the molecule is COc1ccc([Si](C)(C)[C@@H]2[C@@H](CC(=O)N(CCO)Cc3ccccc3)O[C@]3(C(=O)N(Cc4ccc(N5CCCCC5=O)cc4)c4ccc(Br)cc43)[C@H]2C)cc1. The lowest BCUT2D eigenvalue weighted by atomic mass is 9.82. The molecule has 55 heavy (non-hydrogen) atoms. The second-order valence-electron chi connectivity index (χ2n) is 15.6. The van der Waals surface area contributed by atoms with Crippen LogP contribution in [0.3, 0.4) is 0 Å². The highest BCUT2D eigenvalue weighted by Crippen LogP contribution is 2.60. The van der Waals surface area contributed by atoms with Gasteiger partial charge in [0, 0.05) is 47.7 Å². The molecule has 288 valence electrons. The lowest BCUT2D eigenvalue weighted by Gasteiger charge is -2.37. The van der Waals surface area contributed by atoms with E-state index in [1.807, 2.05) is 94.7 Å². The van der Waals surface area contributed by atoms with Crippen LogP contribution in [0.1, 0.15) is 49.3 Å². The summed E-state index contributed by atoms with van der Waals surface area (Å²) in [4.78, 5) is 47.6. The number of ether oxygens (including phenoxy) is 2. The molecule has 7 rings (SSSR count). The van der Waals surface area contributed by atoms with E-state index in [4.69, 9.17) is 9.47 Å². The van der Waals surface area contributed by atoms with Crippen molar-refractivity contribution in [3.05, 3.63) is 118 Å². The van der Waals surface area contributed by atoms with Gasteiger partial charge in [0.2, 0.25) is 11.8 Å². The molecule has 4 aromatic carbocycles. The van der Waals surface area contributed by atoms with Crippen LogP contribution in [0.5, 0.6) is 5.75 Å². The number of carbonyl (C=O) groups is 3. The predicted octanol–water partition coefficient (Wildman–Crippen LogP) is 7.15. The maximum Gasteiger partial charge on any atom is 0.264 e. The molecule has 0 unspecified atom stereocenters. The first-order valence-corrected chi connectivity index (χ1v) is 23.1. The molecule has 0 aromatic heterocycles. The first kappa shape index (κ1) is 39.0. The second-order valence-corrected chi connectivity index (χ2v) is 21.2. The number of benzene rings is 4. The first-order valence-electron chi connectivity index (χ1n) is 19.2. The maximum absolute atomic E-state index is 15.3. The molecule has 11 heteroatoms. The lowest BCUT2D eigenvalue weighted by Crippen LogP contribution is -2.52. The number of hydrogen-bond acceptors (Lipinski definition) is 6. The van der Waals surface area contributed by atoms with E-state index in [1.54, 1.807) is 12.0 Å². The van der Waals surface area contributed by atoms with Crippen molar-refractivity contribution >= 4 is 58.3 Å². The van der Waals surface area contributed by atoms with Crippen LogP contribution in [0, 0.1) is 5.92 Å². The second kappa shape index (κ2) is 16.1. The van der Waals surface area contributed by atoms with Crippen LogP contribution in [0.4, 0.5) is 11.4 Å². The molecule has 1 N–H and O–H groups in total. The molecule has 3 aliphatic rings. The third kappa shape index (κ3) is 7.39. The van der Waals surface area contributed by atoms with E-state index in [2.05, 4.69) is 48.1 Å². The van der Waals surface area contributed by atoms with Gasteiger partial charge in [-0.05, 0) is 72.0 Å². The number of aliphatic hydroxyl groups excluding tert-OH is 1. The molecule has 0 bridgehead atoms. The number of carbonyl (C=O) groups excluding carboxylic acids is 3. The summed E-state index contributed by atoms with van der Waals surface area (Å²) in [5, 5.41) is 11.2. The maximum atomic E-state index is 15.3. The quantitative estimate of drug-likeness (QED) is 0.153. The van der Waals surface area contributed by atoms with Gasteiger partial charge in [0.05, 0.1) is 46.5 Å². The molecular weight excluding hydrogens is 774 g/mol. The molecule has 0 radical (unpaired) electrons. The third-order valence-electron chi connectivity index (χ3n) is 12.0. The number of halogens is 1. The Hall–Kier alpha value is -4.29. The minimum atomic E-state index is -2.50.